The number of hydrogen-bond acceptors (Lipinski definition) is 2. The highest BCUT2D eigenvalue weighted by atomic mass is 16.3. The van der Waals surface area contributed by atoms with E-state index in [1.807, 2.05) is 10.7 Å². The van der Waals surface area contributed by atoms with Crippen LogP contribution in [0.4, 0.5) is 0 Å². The molecule has 3 heteroatoms. The van der Waals surface area contributed by atoms with Crippen molar-refractivity contribution in [3.05, 3.63) is 18.0 Å². The molecule has 0 saturated heterocycles. The Balaban J connectivity index is 2.04. The highest BCUT2D eigenvalue weighted by Gasteiger charge is 2.32. The predicted octanol–water partition coefficient (Wildman–Crippen LogP) is 3.15. The molecule has 1 fully saturated rings. The SMILES string of the molecule is CCn1nccc1C(O)C1CCC(C)(C)CC1. The van der Waals surface area contributed by atoms with Crippen LogP contribution < -0.4 is 0 Å². The molecule has 1 saturated carbocycles. The molecular weight excluding hydrogens is 212 g/mol. The summed E-state index contributed by atoms with van der Waals surface area (Å²) in [6.45, 7) is 7.54. The molecule has 17 heavy (non-hydrogen) atoms. The summed E-state index contributed by atoms with van der Waals surface area (Å²) in [6, 6.07) is 1.95. The van der Waals surface area contributed by atoms with Gasteiger partial charge in [0.15, 0.2) is 0 Å². The van der Waals surface area contributed by atoms with Crippen LogP contribution in [0.15, 0.2) is 12.3 Å². The molecular formula is C14H24N2O. The van der Waals surface area contributed by atoms with Crippen molar-refractivity contribution in [2.75, 3.05) is 0 Å². The molecule has 0 spiro atoms. The molecule has 1 aliphatic carbocycles. The summed E-state index contributed by atoms with van der Waals surface area (Å²) < 4.78 is 1.91. The van der Waals surface area contributed by atoms with Gasteiger partial charge in [-0.15, -0.1) is 0 Å². The van der Waals surface area contributed by atoms with Crippen LogP contribution >= 0.6 is 0 Å². The smallest absolute Gasteiger partial charge is 0.0984 e. The van der Waals surface area contributed by atoms with Crippen molar-refractivity contribution in [3.63, 3.8) is 0 Å². The monoisotopic (exact) mass is 236 g/mol. The maximum Gasteiger partial charge on any atom is 0.0984 e. The fourth-order valence-corrected chi connectivity index (χ4v) is 2.84. The van der Waals surface area contributed by atoms with Gasteiger partial charge in [-0.1, -0.05) is 13.8 Å². The molecule has 1 unspecified atom stereocenters. The maximum atomic E-state index is 10.5. The van der Waals surface area contributed by atoms with Crippen LogP contribution in [0.25, 0.3) is 0 Å². The standard InChI is InChI=1S/C14H24N2O/c1-4-16-12(7-10-15-16)13(17)11-5-8-14(2,3)9-6-11/h7,10-11,13,17H,4-6,8-9H2,1-3H3. The second-order valence-corrected chi connectivity index (χ2v) is 6.02. The molecule has 1 heterocycles. The zero-order chi connectivity index (χ0) is 12.5. The fraction of sp³-hybridized carbons (Fsp3) is 0.786. The van der Waals surface area contributed by atoms with Gasteiger partial charge in [0, 0.05) is 12.7 Å². The van der Waals surface area contributed by atoms with Crippen molar-refractivity contribution in [3.8, 4) is 0 Å². The number of aryl methyl sites for hydroxylation is 1. The van der Waals surface area contributed by atoms with Crippen LogP contribution in [-0.2, 0) is 6.54 Å². The molecule has 0 aromatic carbocycles. The molecule has 2 rings (SSSR count). The summed E-state index contributed by atoms with van der Waals surface area (Å²) >= 11 is 0. The quantitative estimate of drug-likeness (QED) is 0.875. The average Bonchev–Trinajstić information content (AvgIpc) is 2.76. The Morgan fingerprint density at radius 2 is 2.12 bits per heavy atom. The van der Waals surface area contributed by atoms with Gasteiger partial charge in [0.1, 0.15) is 0 Å². The highest BCUT2D eigenvalue weighted by Crippen LogP contribution is 2.42. The zero-order valence-corrected chi connectivity index (χ0v) is 11.2. The van der Waals surface area contributed by atoms with Crippen LogP contribution in [0.1, 0.15) is 58.3 Å². The van der Waals surface area contributed by atoms with E-state index < -0.39 is 0 Å². The minimum atomic E-state index is -0.339. The number of nitrogens with zero attached hydrogens (tertiary/aromatic N) is 2. The van der Waals surface area contributed by atoms with E-state index in [1.54, 1.807) is 6.20 Å². The topological polar surface area (TPSA) is 38.0 Å². The van der Waals surface area contributed by atoms with Crippen molar-refractivity contribution in [2.45, 2.75) is 59.1 Å². The van der Waals surface area contributed by atoms with E-state index in [0.717, 1.165) is 25.1 Å². The summed E-state index contributed by atoms with van der Waals surface area (Å²) in [5.74, 6) is 0.407. The summed E-state index contributed by atoms with van der Waals surface area (Å²) in [5, 5.41) is 14.7. The third-order valence-corrected chi connectivity index (χ3v) is 4.18. The first-order valence-electron chi connectivity index (χ1n) is 6.73. The van der Waals surface area contributed by atoms with Gasteiger partial charge in [-0.2, -0.15) is 5.10 Å². The van der Waals surface area contributed by atoms with Gasteiger partial charge >= 0.3 is 0 Å². The maximum absolute atomic E-state index is 10.5. The first kappa shape index (κ1) is 12.6. The van der Waals surface area contributed by atoms with Gasteiger partial charge < -0.3 is 5.11 Å². The van der Waals surface area contributed by atoms with E-state index in [2.05, 4.69) is 25.9 Å². The van der Waals surface area contributed by atoms with Crippen molar-refractivity contribution in [1.29, 1.82) is 0 Å². The first-order valence-corrected chi connectivity index (χ1v) is 6.73. The Morgan fingerprint density at radius 1 is 1.47 bits per heavy atom. The summed E-state index contributed by atoms with van der Waals surface area (Å²) in [5.41, 5.74) is 1.44. The minimum Gasteiger partial charge on any atom is -0.387 e. The Bertz CT molecular complexity index is 360. The van der Waals surface area contributed by atoms with Gasteiger partial charge in [0.25, 0.3) is 0 Å². The van der Waals surface area contributed by atoms with Gasteiger partial charge in [-0.25, -0.2) is 0 Å². The average molecular weight is 236 g/mol. The lowest BCUT2D eigenvalue weighted by atomic mass is 9.71. The van der Waals surface area contributed by atoms with Crippen molar-refractivity contribution < 1.29 is 5.11 Å². The summed E-state index contributed by atoms with van der Waals surface area (Å²) in [4.78, 5) is 0. The van der Waals surface area contributed by atoms with E-state index in [9.17, 15) is 5.11 Å². The first-order chi connectivity index (χ1) is 8.03. The van der Waals surface area contributed by atoms with E-state index in [0.29, 0.717) is 11.3 Å². The number of aliphatic hydroxyl groups excluding tert-OH is 1. The van der Waals surface area contributed by atoms with Crippen LogP contribution in [0, 0.1) is 11.3 Å². The van der Waals surface area contributed by atoms with E-state index in [-0.39, 0.29) is 6.10 Å². The Labute approximate surface area is 104 Å². The third-order valence-electron chi connectivity index (χ3n) is 4.18. The normalized spacial score (nSPS) is 22.6. The fourth-order valence-electron chi connectivity index (χ4n) is 2.84. The van der Waals surface area contributed by atoms with E-state index >= 15 is 0 Å². The molecule has 0 aliphatic heterocycles. The highest BCUT2D eigenvalue weighted by molar-refractivity contribution is 5.06. The Morgan fingerprint density at radius 3 is 2.71 bits per heavy atom. The van der Waals surface area contributed by atoms with Crippen molar-refractivity contribution >= 4 is 0 Å². The molecule has 1 aromatic rings. The van der Waals surface area contributed by atoms with Crippen LogP contribution in [0.2, 0.25) is 0 Å². The molecule has 1 aliphatic rings. The van der Waals surface area contributed by atoms with Crippen LogP contribution in [-0.4, -0.2) is 14.9 Å². The zero-order valence-electron chi connectivity index (χ0n) is 11.2. The number of aliphatic hydroxyl groups is 1. The van der Waals surface area contributed by atoms with Gasteiger partial charge in [-0.3, -0.25) is 4.68 Å². The lowest BCUT2D eigenvalue weighted by molar-refractivity contribution is 0.0506. The van der Waals surface area contributed by atoms with E-state index in [1.165, 1.54) is 12.8 Å². The van der Waals surface area contributed by atoms with Crippen LogP contribution in [0.5, 0.6) is 0 Å². The predicted molar refractivity (Wildman–Crippen MR) is 68.6 cm³/mol. The lowest BCUT2D eigenvalue weighted by Crippen LogP contribution is -2.26. The number of hydrogen-bond donors (Lipinski definition) is 1. The second-order valence-electron chi connectivity index (χ2n) is 6.02. The molecule has 1 atom stereocenters. The van der Waals surface area contributed by atoms with Gasteiger partial charge in [-0.05, 0) is 50.0 Å². The van der Waals surface area contributed by atoms with Crippen LogP contribution in [0.3, 0.4) is 0 Å². The molecule has 96 valence electrons. The minimum absolute atomic E-state index is 0.339. The molecule has 3 nitrogen and oxygen atoms in total. The molecule has 0 amide bonds. The number of rotatable bonds is 3. The Kier molecular flexibility index (Phi) is 3.57. The van der Waals surface area contributed by atoms with Gasteiger partial charge in [0.2, 0.25) is 0 Å². The van der Waals surface area contributed by atoms with Crippen molar-refractivity contribution in [1.82, 2.24) is 9.78 Å². The largest absolute Gasteiger partial charge is 0.387 e. The Hall–Kier alpha value is -0.830. The molecule has 1 N–H and O–H groups in total. The summed E-state index contributed by atoms with van der Waals surface area (Å²) in [6.07, 6.45) is 6.14. The second kappa shape index (κ2) is 4.81. The molecule has 0 radical (unpaired) electrons. The van der Waals surface area contributed by atoms with Crippen molar-refractivity contribution in [2.24, 2.45) is 11.3 Å². The summed E-state index contributed by atoms with van der Waals surface area (Å²) in [7, 11) is 0. The number of aromatic nitrogens is 2. The lowest BCUT2D eigenvalue weighted by Gasteiger charge is -2.36. The van der Waals surface area contributed by atoms with Gasteiger partial charge in [0.05, 0.1) is 11.8 Å². The van der Waals surface area contributed by atoms with E-state index in [4.69, 9.17) is 0 Å². The third kappa shape index (κ3) is 2.71. The molecule has 0 bridgehead atoms. The molecule has 1 aromatic heterocycles.